The molecule has 1 aromatic rings. The van der Waals surface area contributed by atoms with Crippen LogP contribution in [0.5, 0.6) is 5.75 Å². The number of carbonyl (C=O) groups excluding carboxylic acids is 1. The van der Waals surface area contributed by atoms with Gasteiger partial charge in [-0.15, -0.1) is 0 Å². The molecule has 2 atom stereocenters. The Hall–Kier alpha value is -2.24. The fourth-order valence-corrected chi connectivity index (χ4v) is 3.13. The number of guanidine groups is 1. The molecule has 6 nitrogen and oxygen atoms in total. The zero-order valence-electron chi connectivity index (χ0n) is 17.3. The average Bonchev–Trinajstić information content (AvgIpc) is 2.60. The summed E-state index contributed by atoms with van der Waals surface area (Å²) in [6, 6.07) is 8.43. The van der Waals surface area contributed by atoms with Gasteiger partial charge in [0.1, 0.15) is 11.4 Å². The predicted molar refractivity (Wildman–Crippen MR) is 110 cm³/mol. The zero-order valence-corrected chi connectivity index (χ0v) is 17.3. The van der Waals surface area contributed by atoms with E-state index in [4.69, 9.17) is 4.74 Å². The molecule has 0 radical (unpaired) electrons. The van der Waals surface area contributed by atoms with Crippen molar-refractivity contribution in [3.8, 4) is 5.75 Å². The Kier molecular flexibility index (Phi) is 7.51. The van der Waals surface area contributed by atoms with Gasteiger partial charge in [0.2, 0.25) is 5.91 Å². The highest BCUT2D eigenvalue weighted by Crippen LogP contribution is 2.39. The molecule has 0 aromatic heterocycles. The van der Waals surface area contributed by atoms with Gasteiger partial charge in [0.15, 0.2) is 5.96 Å². The topological polar surface area (TPSA) is 74.8 Å². The van der Waals surface area contributed by atoms with Gasteiger partial charge in [-0.3, -0.25) is 9.79 Å². The van der Waals surface area contributed by atoms with Crippen LogP contribution in [0.2, 0.25) is 0 Å². The number of hydrogen-bond acceptors (Lipinski definition) is 3. The smallest absolute Gasteiger partial charge is 0.222 e. The fraction of sp³-hybridized carbons (Fsp3) is 0.619. The molecule has 3 N–H and O–H groups in total. The molecule has 1 aliphatic heterocycles. The molecule has 0 saturated heterocycles. The summed E-state index contributed by atoms with van der Waals surface area (Å²) < 4.78 is 6.10. The monoisotopic (exact) mass is 374 g/mol. The highest BCUT2D eigenvalue weighted by Gasteiger charge is 2.33. The van der Waals surface area contributed by atoms with Crippen LogP contribution < -0.4 is 20.7 Å². The van der Waals surface area contributed by atoms with Gasteiger partial charge in [0, 0.05) is 31.0 Å². The van der Waals surface area contributed by atoms with Crippen molar-refractivity contribution in [3.63, 3.8) is 0 Å². The second-order valence-electron chi connectivity index (χ2n) is 7.69. The number of para-hydroxylation sites is 1. The van der Waals surface area contributed by atoms with E-state index in [2.05, 4.69) is 47.8 Å². The number of nitrogens with one attached hydrogen (secondary N) is 3. The normalized spacial score (nSPS) is 19.4. The van der Waals surface area contributed by atoms with Gasteiger partial charge < -0.3 is 20.7 Å². The lowest BCUT2D eigenvalue weighted by atomic mass is 9.90. The van der Waals surface area contributed by atoms with Crippen molar-refractivity contribution >= 4 is 11.9 Å². The first-order valence-electron chi connectivity index (χ1n) is 9.96. The molecular weight excluding hydrogens is 340 g/mol. The van der Waals surface area contributed by atoms with Crippen molar-refractivity contribution in [2.75, 3.05) is 13.1 Å². The summed E-state index contributed by atoms with van der Waals surface area (Å²) in [4.78, 5) is 16.5. The van der Waals surface area contributed by atoms with Crippen LogP contribution in [0.1, 0.15) is 65.5 Å². The van der Waals surface area contributed by atoms with Gasteiger partial charge in [0.25, 0.3) is 0 Å². The van der Waals surface area contributed by atoms with Crippen molar-refractivity contribution in [2.24, 2.45) is 4.99 Å². The van der Waals surface area contributed by atoms with Crippen molar-refractivity contribution in [3.05, 3.63) is 29.8 Å². The number of amides is 1. The molecule has 0 aliphatic carbocycles. The highest BCUT2D eigenvalue weighted by atomic mass is 16.5. The number of aliphatic imine (C=N–C) groups is 1. The third kappa shape index (κ3) is 6.45. The van der Waals surface area contributed by atoms with E-state index in [1.807, 2.05) is 32.0 Å². The molecule has 1 heterocycles. The Bertz CT molecular complexity index is 657. The molecule has 2 unspecified atom stereocenters. The standard InChI is InChI=1S/C21H34N4O2/c1-6-15(3)24-19(26)12-13-23-20(22-7-2)25-17-14-21(4,5)27-18-11-9-8-10-16(17)18/h8-11,15,17H,6-7,12-14H2,1-5H3,(H,24,26)(H2,22,23,25). The van der Waals surface area contributed by atoms with Crippen LogP contribution in [0.15, 0.2) is 29.3 Å². The van der Waals surface area contributed by atoms with E-state index in [1.165, 1.54) is 0 Å². The second-order valence-corrected chi connectivity index (χ2v) is 7.69. The minimum atomic E-state index is -0.250. The Morgan fingerprint density at radius 1 is 1.33 bits per heavy atom. The molecule has 0 saturated carbocycles. The summed E-state index contributed by atoms with van der Waals surface area (Å²) in [6.07, 6.45) is 2.15. The molecule has 150 valence electrons. The van der Waals surface area contributed by atoms with Crippen LogP contribution in [0.4, 0.5) is 0 Å². The van der Waals surface area contributed by atoms with Crippen LogP contribution in [-0.4, -0.2) is 36.6 Å². The van der Waals surface area contributed by atoms with Crippen molar-refractivity contribution < 1.29 is 9.53 Å². The number of fused-ring (bicyclic) bond motifs is 1. The Labute approximate surface area is 163 Å². The third-order valence-corrected chi connectivity index (χ3v) is 4.66. The quantitative estimate of drug-likeness (QED) is 0.506. The Morgan fingerprint density at radius 2 is 2.07 bits per heavy atom. The minimum Gasteiger partial charge on any atom is -0.487 e. The molecule has 6 heteroatoms. The van der Waals surface area contributed by atoms with Gasteiger partial charge in [0.05, 0.1) is 12.6 Å². The molecule has 27 heavy (non-hydrogen) atoms. The predicted octanol–water partition coefficient (Wildman–Crippen LogP) is 3.15. The summed E-state index contributed by atoms with van der Waals surface area (Å²) in [5.41, 5.74) is 0.886. The zero-order chi connectivity index (χ0) is 19.9. The first-order valence-corrected chi connectivity index (χ1v) is 9.96. The maximum atomic E-state index is 12.0. The highest BCUT2D eigenvalue weighted by molar-refractivity contribution is 5.81. The lowest BCUT2D eigenvalue weighted by Gasteiger charge is -2.38. The SMILES string of the molecule is CCNC(=NCCC(=O)NC(C)CC)NC1CC(C)(C)Oc2ccccc21. The number of hydrogen-bond donors (Lipinski definition) is 3. The molecule has 1 amide bonds. The maximum Gasteiger partial charge on any atom is 0.222 e. The van der Waals surface area contributed by atoms with Crippen LogP contribution in [-0.2, 0) is 4.79 Å². The number of benzene rings is 1. The van der Waals surface area contributed by atoms with Gasteiger partial charge in [-0.2, -0.15) is 0 Å². The van der Waals surface area contributed by atoms with Crippen LogP contribution >= 0.6 is 0 Å². The number of carbonyl (C=O) groups is 1. The summed E-state index contributed by atoms with van der Waals surface area (Å²) in [5.74, 6) is 1.68. The van der Waals surface area contributed by atoms with E-state index in [9.17, 15) is 4.79 Å². The molecule has 1 aliphatic rings. The number of rotatable bonds is 7. The van der Waals surface area contributed by atoms with Crippen LogP contribution in [0, 0.1) is 0 Å². The molecule has 2 rings (SSSR count). The van der Waals surface area contributed by atoms with E-state index in [0.29, 0.717) is 13.0 Å². The molecule has 0 fully saturated rings. The summed E-state index contributed by atoms with van der Waals surface area (Å²) in [7, 11) is 0. The Balaban J connectivity index is 2.03. The number of nitrogens with zero attached hydrogens (tertiary/aromatic N) is 1. The van der Waals surface area contributed by atoms with Gasteiger partial charge >= 0.3 is 0 Å². The van der Waals surface area contributed by atoms with E-state index in [1.54, 1.807) is 0 Å². The summed E-state index contributed by atoms with van der Waals surface area (Å²) in [6.45, 7) is 11.5. The number of ether oxygens (including phenoxy) is 1. The summed E-state index contributed by atoms with van der Waals surface area (Å²) >= 11 is 0. The minimum absolute atomic E-state index is 0.0430. The maximum absolute atomic E-state index is 12.0. The van der Waals surface area contributed by atoms with E-state index >= 15 is 0 Å². The largest absolute Gasteiger partial charge is 0.487 e. The third-order valence-electron chi connectivity index (χ3n) is 4.66. The first kappa shape index (κ1) is 21.1. The molecule has 1 aromatic carbocycles. The van der Waals surface area contributed by atoms with Crippen molar-refractivity contribution in [2.45, 2.75) is 71.6 Å². The van der Waals surface area contributed by atoms with E-state index < -0.39 is 0 Å². The summed E-state index contributed by atoms with van der Waals surface area (Å²) in [5, 5.41) is 9.78. The molecule has 0 spiro atoms. The van der Waals surface area contributed by atoms with E-state index in [0.717, 1.165) is 36.7 Å². The van der Waals surface area contributed by atoms with Crippen molar-refractivity contribution in [1.82, 2.24) is 16.0 Å². The average molecular weight is 375 g/mol. The second kappa shape index (κ2) is 9.62. The lowest BCUT2D eigenvalue weighted by molar-refractivity contribution is -0.121. The Morgan fingerprint density at radius 3 is 2.78 bits per heavy atom. The van der Waals surface area contributed by atoms with Gasteiger partial charge in [-0.05, 0) is 40.2 Å². The van der Waals surface area contributed by atoms with Crippen LogP contribution in [0.3, 0.4) is 0 Å². The van der Waals surface area contributed by atoms with Crippen molar-refractivity contribution in [1.29, 1.82) is 0 Å². The first-order chi connectivity index (χ1) is 12.8. The molecule has 0 bridgehead atoms. The van der Waals surface area contributed by atoms with Crippen LogP contribution in [0.25, 0.3) is 0 Å². The molecular formula is C21H34N4O2. The lowest BCUT2D eigenvalue weighted by Crippen LogP contribution is -2.45. The fourth-order valence-electron chi connectivity index (χ4n) is 3.13. The van der Waals surface area contributed by atoms with E-state index in [-0.39, 0.29) is 23.6 Å². The van der Waals surface area contributed by atoms with Gasteiger partial charge in [-0.25, -0.2) is 0 Å². The van der Waals surface area contributed by atoms with Gasteiger partial charge in [-0.1, -0.05) is 25.1 Å².